The van der Waals surface area contributed by atoms with Crippen LogP contribution in [0.25, 0.3) is 40.1 Å². The van der Waals surface area contributed by atoms with Crippen molar-refractivity contribution in [2.24, 2.45) is 0 Å². The SMILES string of the molecule is O=C(/C=C/c1ccc(-c2cccc(Cl)c2Cl)o1)Nc1cccc(-c2nc3ncccc3o2)c1. The van der Waals surface area contributed by atoms with Crippen molar-refractivity contribution in [2.75, 3.05) is 5.32 Å². The number of carbonyl (C=O) groups excluding carboxylic acids is 1. The molecule has 3 heterocycles. The molecule has 1 amide bonds. The summed E-state index contributed by atoms with van der Waals surface area (Å²) in [6.45, 7) is 0. The molecule has 1 N–H and O–H groups in total. The van der Waals surface area contributed by atoms with Crippen molar-refractivity contribution in [2.45, 2.75) is 0 Å². The summed E-state index contributed by atoms with van der Waals surface area (Å²) in [4.78, 5) is 21.0. The molecule has 0 bridgehead atoms. The number of hydrogen-bond acceptors (Lipinski definition) is 5. The van der Waals surface area contributed by atoms with E-state index >= 15 is 0 Å². The van der Waals surface area contributed by atoms with Crippen molar-refractivity contribution < 1.29 is 13.6 Å². The molecule has 33 heavy (non-hydrogen) atoms. The molecule has 2 aromatic carbocycles. The van der Waals surface area contributed by atoms with Crippen molar-refractivity contribution in [3.05, 3.63) is 94.8 Å². The summed E-state index contributed by atoms with van der Waals surface area (Å²) >= 11 is 12.3. The Morgan fingerprint density at radius 1 is 0.970 bits per heavy atom. The number of furan rings is 1. The van der Waals surface area contributed by atoms with Crippen LogP contribution in [-0.4, -0.2) is 15.9 Å². The van der Waals surface area contributed by atoms with Crippen molar-refractivity contribution in [1.29, 1.82) is 0 Å². The third kappa shape index (κ3) is 4.53. The van der Waals surface area contributed by atoms with Gasteiger partial charge in [0, 0.05) is 29.1 Å². The number of anilines is 1. The Balaban J connectivity index is 1.29. The van der Waals surface area contributed by atoms with Gasteiger partial charge in [0.25, 0.3) is 0 Å². The number of hydrogen-bond donors (Lipinski definition) is 1. The monoisotopic (exact) mass is 475 g/mol. The van der Waals surface area contributed by atoms with Gasteiger partial charge in [0.05, 0.1) is 10.0 Å². The van der Waals surface area contributed by atoms with Crippen molar-refractivity contribution in [1.82, 2.24) is 9.97 Å². The number of halogens is 2. The number of amides is 1. The fourth-order valence-corrected chi connectivity index (χ4v) is 3.64. The van der Waals surface area contributed by atoms with Crippen LogP contribution in [0.2, 0.25) is 10.0 Å². The van der Waals surface area contributed by atoms with Crippen LogP contribution in [0.3, 0.4) is 0 Å². The second-order valence-electron chi connectivity index (χ2n) is 7.05. The Labute approximate surface area is 198 Å². The largest absolute Gasteiger partial charge is 0.457 e. The molecule has 3 aromatic heterocycles. The lowest BCUT2D eigenvalue weighted by atomic mass is 10.2. The number of nitrogens with zero attached hydrogens (tertiary/aromatic N) is 2. The molecule has 0 fully saturated rings. The molecule has 0 atom stereocenters. The first kappa shape index (κ1) is 21.0. The van der Waals surface area contributed by atoms with Gasteiger partial charge in [-0.25, -0.2) is 4.98 Å². The molecule has 162 valence electrons. The number of oxazole rings is 1. The normalized spacial score (nSPS) is 11.3. The minimum atomic E-state index is -0.315. The zero-order valence-corrected chi connectivity index (χ0v) is 18.5. The summed E-state index contributed by atoms with van der Waals surface area (Å²) in [5.41, 5.74) is 3.13. The van der Waals surface area contributed by atoms with Crippen LogP contribution in [0.5, 0.6) is 0 Å². The van der Waals surface area contributed by atoms with E-state index in [-0.39, 0.29) is 5.91 Å². The third-order valence-electron chi connectivity index (χ3n) is 4.78. The summed E-state index contributed by atoms with van der Waals surface area (Å²) in [6, 6.07) is 19.6. The van der Waals surface area contributed by atoms with E-state index in [1.807, 2.05) is 18.2 Å². The van der Waals surface area contributed by atoms with Gasteiger partial charge >= 0.3 is 0 Å². The highest BCUT2D eigenvalue weighted by Crippen LogP contribution is 2.34. The van der Waals surface area contributed by atoms with Crippen molar-refractivity contribution in [3.8, 4) is 22.8 Å². The number of nitrogens with one attached hydrogen (secondary N) is 1. The number of fused-ring (bicyclic) bond motifs is 1. The number of rotatable bonds is 5. The molecule has 0 unspecified atom stereocenters. The lowest BCUT2D eigenvalue weighted by Crippen LogP contribution is -2.07. The standard InChI is InChI=1S/C25H15Cl2N3O3/c26-19-7-2-6-18(23(19)27)20-11-9-17(32-20)10-12-22(31)29-16-5-1-4-15(14-16)25-30-24-21(33-25)8-3-13-28-24/h1-14H,(H,29,31)/b12-10+. The molecule has 5 aromatic rings. The summed E-state index contributed by atoms with van der Waals surface area (Å²) in [7, 11) is 0. The Bertz CT molecular complexity index is 1470. The van der Waals surface area contributed by atoms with E-state index in [4.69, 9.17) is 32.0 Å². The number of aromatic nitrogens is 2. The van der Waals surface area contributed by atoms with Crippen LogP contribution in [0.4, 0.5) is 5.69 Å². The molecule has 0 aliphatic rings. The van der Waals surface area contributed by atoms with Gasteiger partial charge in [0.1, 0.15) is 11.5 Å². The van der Waals surface area contributed by atoms with Gasteiger partial charge in [0.15, 0.2) is 11.2 Å². The van der Waals surface area contributed by atoms with Gasteiger partial charge in [-0.3, -0.25) is 4.79 Å². The fourth-order valence-electron chi connectivity index (χ4n) is 3.25. The first-order valence-electron chi connectivity index (χ1n) is 9.92. The minimum absolute atomic E-state index is 0.315. The number of pyridine rings is 1. The van der Waals surface area contributed by atoms with E-state index in [1.54, 1.807) is 60.8 Å². The minimum Gasteiger partial charge on any atom is -0.457 e. The lowest BCUT2D eigenvalue weighted by Gasteiger charge is -2.03. The maximum absolute atomic E-state index is 12.4. The Morgan fingerprint density at radius 2 is 1.85 bits per heavy atom. The maximum atomic E-state index is 12.4. The fraction of sp³-hybridized carbons (Fsp3) is 0. The smallest absolute Gasteiger partial charge is 0.248 e. The lowest BCUT2D eigenvalue weighted by molar-refractivity contribution is -0.111. The van der Waals surface area contributed by atoms with E-state index in [9.17, 15) is 4.79 Å². The van der Waals surface area contributed by atoms with Gasteiger partial charge in [0.2, 0.25) is 11.8 Å². The van der Waals surface area contributed by atoms with Gasteiger partial charge in [-0.2, -0.15) is 4.98 Å². The highest BCUT2D eigenvalue weighted by molar-refractivity contribution is 6.43. The first-order valence-corrected chi connectivity index (χ1v) is 10.7. The molecule has 0 aliphatic carbocycles. The van der Waals surface area contributed by atoms with E-state index in [1.165, 1.54) is 6.08 Å². The molecular weight excluding hydrogens is 461 g/mol. The quantitative estimate of drug-likeness (QED) is 0.274. The third-order valence-corrected chi connectivity index (χ3v) is 5.60. The zero-order valence-electron chi connectivity index (χ0n) is 17.0. The van der Waals surface area contributed by atoms with Crippen LogP contribution in [-0.2, 0) is 4.79 Å². The summed E-state index contributed by atoms with van der Waals surface area (Å²) in [5.74, 6) is 1.18. The summed E-state index contributed by atoms with van der Waals surface area (Å²) < 4.78 is 11.5. The molecule has 0 saturated heterocycles. The summed E-state index contributed by atoms with van der Waals surface area (Å²) in [6.07, 6.45) is 4.62. The molecule has 5 rings (SSSR count). The summed E-state index contributed by atoms with van der Waals surface area (Å²) in [5, 5.41) is 3.68. The van der Waals surface area contributed by atoms with Crippen LogP contribution < -0.4 is 5.32 Å². The molecule has 0 saturated carbocycles. The van der Waals surface area contributed by atoms with Crippen LogP contribution >= 0.6 is 23.2 Å². The maximum Gasteiger partial charge on any atom is 0.248 e. The van der Waals surface area contributed by atoms with E-state index in [0.29, 0.717) is 49.9 Å². The zero-order chi connectivity index (χ0) is 22.8. The number of carbonyl (C=O) groups is 1. The molecular formula is C25H15Cl2N3O3. The average Bonchev–Trinajstić information content (AvgIpc) is 3.47. The molecule has 0 spiro atoms. The molecule has 8 heteroatoms. The van der Waals surface area contributed by atoms with Gasteiger partial charge in [-0.05, 0) is 60.7 Å². The highest BCUT2D eigenvalue weighted by Gasteiger charge is 2.11. The molecule has 0 radical (unpaired) electrons. The Hall–Kier alpha value is -3.87. The van der Waals surface area contributed by atoms with Gasteiger partial charge in [-0.1, -0.05) is 35.3 Å². The van der Waals surface area contributed by atoms with E-state index in [0.717, 1.165) is 5.56 Å². The Morgan fingerprint density at radius 3 is 2.73 bits per heavy atom. The van der Waals surface area contributed by atoms with Crippen LogP contribution in [0.1, 0.15) is 5.76 Å². The second kappa shape index (κ2) is 8.94. The van der Waals surface area contributed by atoms with Crippen LogP contribution in [0, 0.1) is 0 Å². The van der Waals surface area contributed by atoms with E-state index in [2.05, 4.69) is 15.3 Å². The topological polar surface area (TPSA) is 81.2 Å². The predicted molar refractivity (Wildman–Crippen MR) is 129 cm³/mol. The van der Waals surface area contributed by atoms with Gasteiger partial charge < -0.3 is 14.2 Å². The predicted octanol–water partition coefficient (Wildman–Crippen LogP) is 7.11. The highest BCUT2D eigenvalue weighted by atomic mass is 35.5. The van der Waals surface area contributed by atoms with E-state index < -0.39 is 0 Å². The molecule has 6 nitrogen and oxygen atoms in total. The van der Waals surface area contributed by atoms with Crippen LogP contribution in [0.15, 0.2) is 87.8 Å². The second-order valence-corrected chi connectivity index (χ2v) is 7.84. The first-order chi connectivity index (χ1) is 16.1. The van der Waals surface area contributed by atoms with Crippen molar-refractivity contribution in [3.63, 3.8) is 0 Å². The average molecular weight is 476 g/mol. The number of benzene rings is 2. The Kier molecular flexibility index (Phi) is 5.69. The van der Waals surface area contributed by atoms with Gasteiger partial charge in [-0.15, -0.1) is 0 Å². The molecule has 0 aliphatic heterocycles. The van der Waals surface area contributed by atoms with Crippen molar-refractivity contribution >= 4 is 52.1 Å².